The molecule has 1 aromatic heterocycles. The summed E-state index contributed by atoms with van der Waals surface area (Å²) in [6, 6.07) is 13.6. The predicted octanol–water partition coefficient (Wildman–Crippen LogP) is 1.67. The maximum Gasteiger partial charge on any atom is 0.324 e. The third-order valence-corrected chi connectivity index (χ3v) is 4.92. The molecule has 3 amide bonds. The number of pyridine rings is 1. The Labute approximate surface area is 169 Å². The number of fused-ring (bicyclic) bond motifs is 1. The SMILES string of the molecule is O=C1CN(CCCN(Cc2ccccc2)CC2COc3cccnc3O2)C(=O)N1. The number of carbonyl (C=O) groups is 2. The number of benzene rings is 1. The van der Waals surface area contributed by atoms with Crippen molar-refractivity contribution in [1.82, 2.24) is 20.1 Å². The fourth-order valence-corrected chi connectivity index (χ4v) is 3.55. The minimum absolute atomic E-state index is 0.127. The van der Waals surface area contributed by atoms with Crippen LogP contribution < -0.4 is 14.8 Å². The minimum atomic E-state index is -0.309. The van der Waals surface area contributed by atoms with Crippen LogP contribution in [0.1, 0.15) is 12.0 Å². The Morgan fingerprint density at radius 2 is 2.03 bits per heavy atom. The highest BCUT2D eigenvalue weighted by molar-refractivity contribution is 6.01. The molecule has 3 heterocycles. The van der Waals surface area contributed by atoms with E-state index in [1.165, 1.54) is 5.56 Å². The Morgan fingerprint density at radius 1 is 1.17 bits per heavy atom. The van der Waals surface area contributed by atoms with E-state index in [1.807, 2.05) is 30.3 Å². The molecule has 1 atom stereocenters. The first-order chi connectivity index (χ1) is 14.2. The van der Waals surface area contributed by atoms with Crippen molar-refractivity contribution in [3.63, 3.8) is 0 Å². The number of rotatable bonds is 8. The van der Waals surface area contributed by atoms with Crippen LogP contribution in [0.25, 0.3) is 0 Å². The van der Waals surface area contributed by atoms with Crippen molar-refractivity contribution in [2.75, 3.05) is 32.8 Å². The van der Waals surface area contributed by atoms with Gasteiger partial charge in [0.25, 0.3) is 5.88 Å². The van der Waals surface area contributed by atoms with Crippen molar-refractivity contribution in [2.45, 2.75) is 19.1 Å². The van der Waals surface area contributed by atoms with Crippen molar-refractivity contribution >= 4 is 11.9 Å². The quantitative estimate of drug-likeness (QED) is 0.684. The highest BCUT2D eigenvalue weighted by atomic mass is 16.6. The summed E-state index contributed by atoms with van der Waals surface area (Å²) >= 11 is 0. The first kappa shape index (κ1) is 19.2. The smallest absolute Gasteiger partial charge is 0.324 e. The average molecular weight is 396 g/mol. The van der Waals surface area contributed by atoms with Crippen LogP contribution in [0.3, 0.4) is 0 Å². The van der Waals surface area contributed by atoms with Crippen molar-refractivity contribution in [3.8, 4) is 11.6 Å². The van der Waals surface area contributed by atoms with Crippen LogP contribution in [0.4, 0.5) is 4.79 Å². The monoisotopic (exact) mass is 396 g/mol. The van der Waals surface area contributed by atoms with Crippen molar-refractivity contribution in [3.05, 3.63) is 54.2 Å². The molecule has 0 saturated carbocycles. The molecular formula is C21H24N4O4. The molecule has 1 fully saturated rings. The van der Waals surface area contributed by atoms with Gasteiger partial charge in [0.1, 0.15) is 19.3 Å². The van der Waals surface area contributed by atoms with Gasteiger partial charge in [0, 0.05) is 32.4 Å². The Balaban J connectivity index is 1.36. The van der Waals surface area contributed by atoms with Gasteiger partial charge in [-0.15, -0.1) is 0 Å². The molecule has 8 nitrogen and oxygen atoms in total. The fraction of sp³-hybridized carbons (Fsp3) is 0.381. The van der Waals surface area contributed by atoms with E-state index in [9.17, 15) is 9.59 Å². The van der Waals surface area contributed by atoms with Gasteiger partial charge in [-0.2, -0.15) is 0 Å². The van der Waals surface area contributed by atoms with Crippen molar-refractivity contribution in [2.24, 2.45) is 0 Å². The van der Waals surface area contributed by atoms with E-state index in [0.717, 1.165) is 19.5 Å². The largest absolute Gasteiger partial charge is 0.484 e. The van der Waals surface area contributed by atoms with Gasteiger partial charge in [0.2, 0.25) is 5.91 Å². The normalized spacial score (nSPS) is 18.2. The molecule has 0 radical (unpaired) electrons. The zero-order chi connectivity index (χ0) is 20.1. The maximum absolute atomic E-state index is 11.7. The lowest BCUT2D eigenvalue weighted by Gasteiger charge is -2.31. The van der Waals surface area contributed by atoms with E-state index in [-0.39, 0.29) is 24.6 Å². The maximum atomic E-state index is 11.7. The van der Waals surface area contributed by atoms with Crippen LogP contribution in [0.2, 0.25) is 0 Å². The van der Waals surface area contributed by atoms with Crippen LogP contribution in [-0.2, 0) is 11.3 Å². The van der Waals surface area contributed by atoms with Crippen LogP contribution in [0, 0.1) is 0 Å². The molecule has 0 spiro atoms. The van der Waals surface area contributed by atoms with Crippen LogP contribution in [-0.4, -0.2) is 65.6 Å². The Morgan fingerprint density at radius 3 is 2.83 bits per heavy atom. The number of aromatic nitrogens is 1. The van der Waals surface area contributed by atoms with E-state index in [2.05, 4.69) is 27.3 Å². The molecule has 0 bridgehead atoms. The number of nitrogens with one attached hydrogen (secondary N) is 1. The van der Waals surface area contributed by atoms with Gasteiger partial charge in [0.05, 0.1) is 0 Å². The molecule has 152 valence electrons. The second kappa shape index (κ2) is 8.91. The summed E-state index contributed by atoms with van der Waals surface area (Å²) in [5.74, 6) is 0.953. The summed E-state index contributed by atoms with van der Waals surface area (Å²) in [6.45, 7) is 3.35. The lowest BCUT2D eigenvalue weighted by Crippen LogP contribution is -2.42. The molecule has 2 aliphatic heterocycles. The summed E-state index contributed by atoms with van der Waals surface area (Å²) < 4.78 is 11.8. The van der Waals surface area contributed by atoms with Gasteiger partial charge >= 0.3 is 6.03 Å². The van der Waals surface area contributed by atoms with Gasteiger partial charge < -0.3 is 14.4 Å². The summed E-state index contributed by atoms with van der Waals surface area (Å²) in [7, 11) is 0. The van der Waals surface area contributed by atoms with Gasteiger partial charge in [-0.25, -0.2) is 9.78 Å². The molecule has 1 aromatic carbocycles. The first-order valence-corrected chi connectivity index (χ1v) is 9.77. The highest BCUT2D eigenvalue weighted by Gasteiger charge is 2.27. The molecule has 2 aromatic rings. The van der Waals surface area contributed by atoms with Crippen molar-refractivity contribution < 1.29 is 19.1 Å². The van der Waals surface area contributed by atoms with Gasteiger partial charge in [-0.1, -0.05) is 30.3 Å². The Bertz CT molecular complexity index is 861. The third-order valence-electron chi connectivity index (χ3n) is 4.92. The minimum Gasteiger partial charge on any atom is -0.484 e. The molecule has 29 heavy (non-hydrogen) atoms. The number of hydrogen-bond donors (Lipinski definition) is 1. The highest BCUT2D eigenvalue weighted by Crippen LogP contribution is 2.28. The molecule has 0 aliphatic carbocycles. The molecule has 1 N–H and O–H groups in total. The lowest BCUT2D eigenvalue weighted by atomic mass is 10.2. The first-order valence-electron chi connectivity index (χ1n) is 9.77. The van der Waals surface area contributed by atoms with Crippen molar-refractivity contribution in [1.29, 1.82) is 0 Å². The number of nitrogens with zero attached hydrogens (tertiary/aromatic N) is 3. The summed E-state index contributed by atoms with van der Waals surface area (Å²) in [5, 5.41) is 2.31. The molecule has 1 saturated heterocycles. The zero-order valence-corrected chi connectivity index (χ0v) is 16.1. The van der Waals surface area contributed by atoms with E-state index in [0.29, 0.717) is 31.3 Å². The third kappa shape index (κ3) is 5.03. The van der Waals surface area contributed by atoms with Crippen LogP contribution >= 0.6 is 0 Å². The van der Waals surface area contributed by atoms with Crippen LogP contribution in [0.5, 0.6) is 11.6 Å². The van der Waals surface area contributed by atoms with Gasteiger partial charge in [-0.3, -0.25) is 15.0 Å². The number of carbonyl (C=O) groups excluding carboxylic acids is 2. The average Bonchev–Trinajstić information content (AvgIpc) is 3.05. The molecule has 2 aliphatic rings. The lowest BCUT2D eigenvalue weighted by molar-refractivity contribution is -0.118. The number of urea groups is 1. The summed E-state index contributed by atoms with van der Waals surface area (Å²) in [5.41, 5.74) is 1.21. The van der Waals surface area contributed by atoms with E-state index in [1.54, 1.807) is 11.1 Å². The topological polar surface area (TPSA) is 84.0 Å². The Kier molecular flexibility index (Phi) is 5.90. The molecule has 4 rings (SSSR count). The second-order valence-electron chi connectivity index (χ2n) is 7.21. The fourth-order valence-electron chi connectivity index (χ4n) is 3.55. The summed E-state index contributed by atoms with van der Waals surface area (Å²) in [6.07, 6.45) is 2.32. The van der Waals surface area contributed by atoms with Crippen LogP contribution in [0.15, 0.2) is 48.7 Å². The zero-order valence-electron chi connectivity index (χ0n) is 16.1. The molecule has 1 unspecified atom stereocenters. The van der Waals surface area contributed by atoms with Gasteiger partial charge in [0.15, 0.2) is 5.75 Å². The van der Waals surface area contributed by atoms with E-state index >= 15 is 0 Å². The van der Waals surface area contributed by atoms with E-state index in [4.69, 9.17) is 9.47 Å². The standard InChI is InChI=1S/C21H24N4O4/c26-19-14-25(21(27)23-19)11-5-10-24(12-16-6-2-1-3-7-16)13-17-15-28-18-8-4-9-22-20(18)29-17/h1-4,6-9,17H,5,10-15H2,(H,23,26,27). The van der Waals surface area contributed by atoms with Gasteiger partial charge in [-0.05, 0) is 24.1 Å². The molecule has 8 heteroatoms. The second-order valence-corrected chi connectivity index (χ2v) is 7.21. The molecular weight excluding hydrogens is 372 g/mol. The number of hydrogen-bond acceptors (Lipinski definition) is 6. The summed E-state index contributed by atoms with van der Waals surface area (Å²) in [4.78, 5) is 31.1. The number of ether oxygens (including phenoxy) is 2. The number of amides is 3. The predicted molar refractivity (Wildman–Crippen MR) is 106 cm³/mol. The van der Waals surface area contributed by atoms with E-state index < -0.39 is 0 Å². The Hall–Kier alpha value is -3.13. The number of imide groups is 1.